The van der Waals surface area contributed by atoms with Crippen LogP contribution in [0.2, 0.25) is 0 Å². The Morgan fingerprint density at radius 1 is 1.18 bits per heavy atom. The van der Waals surface area contributed by atoms with Gasteiger partial charge in [0.15, 0.2) is 0 Å². The van der Waals surface area contributed by atoms with Gasteiger partial charge in [-0.15, -0.1) is 0 Å². The van der Waals surface area contributed by atoms with Crippen molar-refractivity contribution in [1.82, 2.24) is 14.8 Å². The fraction of sp³-hybridized carbons (Fsp3) is 0.500. The average Bonchev–Trinajstić information content (AvgIpc) is 2.87. The topological polar surface area (TPSA) is 62.7 Å². The fourth-order valence-electron chi connectivity index (χ4n) is 4.33. The van der Waals surface area contributed by atoms with E-state index < -0.39 is 5.60 Å². The molecule has 0 bridgehead atoms. The Balaban J connectivity index is 1.46. The second-order valence-corrected chi connectivity index (χ2v) is 7.76. The van der Waals surface area contributed by atoms with Crippen molar-refractivity contribution in [2.75, 3.05) is 32.8 Å². The Hall–Kier alpha value is -2.47. The van der Waals surface area contributed by atoms with E-state index in [4.69, 9.17) is 4.74 Å². The monoisotopic (exact) mass is 381 g/mol. The first-order chi connectivity index (χ1) is 13.6. The minimum Gasteiger partial charge on any atom is -0.372 e. The lowest BCUT2D eigenvalue weighted by Gasteiger charge is -2.40. The number of likely N-dealkylation sites (tertiary alicyclic amines) is 1. The molecule has 2 fully saturated rings. The van der Waals surface area contributed by atoms with Gasteiger partial charge in [-0.1, -0.05) is 25.1 Å². The number of carbonyl (C=O) groups is 2. The van der Waals surface area contributed by atoms with Gasteiger partial charge in [0.1, 0.15) is 0 Å². The van der Waals surface area contributed by atoms with E-state index in [9.17, 15) is 9.59 Å². The van der Waals surface area contributed by atoms with Crippen LogP contribution in [0.3, 0.4) is 0 Å². The Bertz CT molecular complexity index is 869. The van der Waals surface area contributed by atoms with Crippen LogP contribution >= 0.6 is 0 Å². The lowest BCUT2D eigenvalue weighted by atomic mass is 9.87. The van der Waals surface area contributed by atoms with Crippen molar-refractivity contribution in [1.29, 1.82) is 0 Å². The standard InChI is InChI=1S/C22H27N3O3/c1-2-11-24-14-15-28-22(16-20(24)26)8-12-25(13-9-22)21(27)18-7-10-23-19-6-4-3-5-17(18)19/h3-7,10H,2,8-9,11-16H2,1H3. The number of pyridine rings is 1. The highest BCUT2D eigenvalue weighted by Gasteiger charge is 2.41. The van der Waals surface area contributed by atoms with Crippen LogP contribution in [0.15, 0.2) is 36.5 Å². The molecule has 28 heavy (non-hydrogen) atoms. The third-order valence-electron chi connectivity index (χ3n) is 5.93. The van der Waals surface area contributed by atoms with Crippen molar-refractivity contribution in [3.63, 3.8) is 0 Å². The maximum absolute atomic E-state index is 13.1. The van der Waals surface area contributed by atoms with E-state index in [1.165, 1.54) is 0 Å². The van der Waals surface area contributed by atoms with Gasteiger partial charge in [-0.25, -0.2) is 0 Å². The van der Waals surface area contributed by atoms with Gasteiger partial charge in [0.25, 0.3) is 5.91 Å². The highest BCUT2D eigenvalue weighted by Crippen LogP contribution is 2.33. The molecule has 2 amide bonds. The maximum atomic E-state index is 13.1. The highest BCUT2D eigenvalue weighted by atomic mass is 16.5. The van der Waals surface area contributed by atoms with Gasteiger partial charge in [-0.3, -0.25) is 14.6 Å². The molecule has 148 valence electrons. The number of para-hydroxylation sites is 1. The number of rotatable bonds is 3. The number of hydrogen-bond acceptors (Lipinski definition) is 4. The SMILES string of the molecule is CCCN1CCOC2(CCN(C(=O)c3ccnc4ccccc34)CC2)CC1=O. The maximum Gasteiger partial charge on any atom is 0.254 e. The first kappa shape index (κ1) is 18.9. The summed E-state index contributed by atoms with van der Waals surface area (Å²) in [6.45, 7) is 5.33. The third-order valence-corrected chi connectivity index (χ3v) is 5.93. The third kappa shape index (κ3) is 3.61. The largest absolute Gasteiger partial charge is 0.372 e. The van der Waals surface area contributed by atoms with Crippen LogP contribution in [-0.4, -0.2) is 65.0 Å². The summed E-state index contributed by atoms with van der Waals surface area (Å²) >= 11 is 0. The smallest absolute Gasteiger partial charge is 0.254 e. The Morgan fingerprint density at radius 2 is 1.96 bits per heavy atom. The quantitative estimate of drug-likeness (QED) is 0.820. The molecule has 0 saturated carbocycles. The molecule has 2 saturated heterocycles. The van der Waals surface area contributed by atoms with Gasteiger partial charge in [0.2, 0.25) is 5.91 Å². The Kier molecular flexibility index (Phi) is 5.31. The molecule has 6 nitrogen and oxygen atoms in total. The molecule has 0 aliphatic carbocycles. The number of carbonyl (C=O) groups excluding carboxylic acids is 2. The van der Waals surface area contributed by atoms with Crippen molar-refractivity contribution < 1.29 is 14.3 Å². The summed E-state index contributed by atoms with van der Waals surface area (Å²) in [6.07, 6.45) is 4.48. The molecule has 4 rings (SSSR count). The van der Waals surface area contributed by atoms with E-state index in [0.717, 1.165) is 23.9 Å². The summed E-state index contributed by atoms with van der Waals surface area (Å²) < 4.78 is 6.17. The van der Waals surface area contributed by atoms with Crippen molar-refractivity contribution in [3.8, 4) is 0 Å². The fourth-order valence-corrected chi connectivity index (χ4v) is 4.33. The number of amides is 2. The van der Waals surface area contributed by atoms with E-state index >= 15 is 0 Å². The first-order valence-corrected chi connectivity index (χ1v) is 10.2. The number of ether oxygens (including phenoxy) is 1. The van der Waals surface area contributed by atoms with Crippen molar-refractivity contribution in [2.24, 2.45) is 0 Å². The summed E-state index contributed by atoms with van der Waals surface area (Å²) in [4.78, 5) is 33.9. The van der Waals surface area contributed by atoms with Crippen LogP contribution in [0, 0.1) is 0 Å². The predicted octanol–water partition coefficient (Wildman–Crippen LogP) is 2.87. The van der Waals surface area contributed by atoms with Crippen LogP contribution < -0.4 is 0 Å². The second-order valence-electron chi connectivity index (χ2n) is 7.76. The summed E-state index contributed by atoms with van der Waals surface area (Å²) in [5.41, 5.74) is 1.10. The molecule has 0 radical (unpaired) electrons. The van der Waals surface area contributed by atoms with Gasteiger partial charge in [-0.05, 0) is 31.4 Å². The van der Waals surface area contributed by atoms with Gasteiger partial charge >= 0.3 is 0 Å². The highest BCUT2D eigenvalue weighted by molar-refractivity contribution is 6.06. The molecule has 1 aromatic heterocycles. The normalized spacial score (nSPS) is 19.8. The minimum absolute atomic E-state index is 0.0287. The zero-order valence-corrected chi connectivity index (χ0v) is 16.4. The Morgan fingerprint density at radius 3 is 2.75 bits per heavy atom. The predicted molar refractivity (Wildman–Crippen MR) is 107 cm³/mol. The average molecular weight is 381 g/mol. The van der Waals surface area contributed by atoms with Crippen LogP contribution in [0.1, 0.15) is 43.0 Å². The molecular formula is C22H27N3O3. The summed E-state index contributed by atoms with van der Waals surface area (Å²) in [7, 11) is 0. The zero-order valence-electron chi connectivity index (χ0n) is 16.4. The number of nitrogens with zero attached hydrogens (tertiary/aromatic N) is 3. The number of benzene rings is 1. The first-order valence-electron chi connectivity index (χ1n) is 10.2. The van der Waals surface area contributed by atoms with Crippen LogP contribution in [0.25, 0.3) is 10.9 Å². The van der Waals surface area contributed by atoms with E-state index in [1.54, 1.807) is 12.3 Å². The van der Waals surface area contributed by atoms with Gasteiger partial charge in [0, 0.05) is 37.8 Å². The van der Waals surface area contributed by atoms with E-state index in [0.29, 0.717) is 51.1 Å². The second kappa shape index (κ2) is 7.87. The van der Waals surface area contributed by atoms with Crippen LogP contribution in [-0.2, 0) is 9.53 Å². The summed E-state index contributed by atoms with van der Waals surface area (Å²) in [6, 6.07) is 9.51. The molecule has 2 aliphatic rings. The van der Waals surface area contributed by atoms with Crippen molar-refractivity contribution in [2.45, 2.75) is 38.2 Å². The van der Waals surface area contributed by atoms with Crippen LogP contribution in [0.5, 0.6) is 0 Å². The summed E-state index contributed by atoms with van der Waals surface area (Å²) in [5, 5.41) is 0.881. The number of aromatic nitrogens is 1. The van der Waals surface area contributed by atoms with E-state index in [1.807, 2.05) is 34.1 Å². The number of hydrogen-bond donors (Lipinski definition) is 0. The zero-order chi connectivity index (χ0) is 19.6. The molecule has 2 aromatic rings. The van der Waals surface area contributed by atoms with E-state index in [-0.39, 0.29) is 11.8 Å². The molecule has 6 heteroatoms. The van der Waals surface area contributed by atoms with Crippen LogP contribution in [0.4, 0.5) is 0 Å². The number of fused-ring (bicyclic) bond motifs is 1. The Labute approximate surface area is 165 Å². The molecule has 0 N–H and O–H groups in total. The van der Waals surface area contributed by atoms with Gasteiger partial charge in [-0.2, -0.15) is 0 Å². The molecule has 3 heterocycles. The van der Waals surface area contributed by atoms with Gasteiger partial charge in [0.05, 0.1) is 29.7 Å². The lowest BCUT2D eigenvalue weighted by molar-refractivity contribution is -0.135. The minimum atomic E-state index is -0.420. The lowest BCUT2D eigenvalue weighted by Crippen LogP contribution is -2.49. The van der Waals surface area contributed by atoms with Crippen molar-refractivity contribution >= 4 is 22.7 Å². The van der Waals surface area contributed by atoms with Crippen molar-refractivity contribution in [3.05, 3.63) is 42.1 Å². The molecule has 2 aliphatic heterocycles. The van der Waals surface area contributed by atoms with E-state index in [2.05, 4.69) is 11.9 Å². The molecule has 0 atom stereocenters. The molecule has 0 unspecified atom stereocenters. The summed E-state index contributed by atoms with van der Waals surface area (Å²) in [5.74, 6) is 0.209. The molecule has 1 spiro atoms. The number of piperidine rings is 1. The van der Waals surface area contributed by atoms with Gasteiger partial charge < -0.3 is 14.5 Å². The molecule has 1 aromatic carbocycles. The molecular weight excluding hydrogens is 354 g/mol.